The summed E-state index contributed by atoms with van der Waals surface area (Å²) in [5.41, 5.74) is 3.44. The molecule has 1 aliphatic heterocycles. The van der Waals surface area contributed by atoms with Gasteiger partial charge in [0.1, 0.15) is 6.61 Å². The molecule has 0 radical (unpaired) electrons. The highest BCUT2D eigenvalue weighted by Crippen LogP contribution is 2.24. The third kappa shape index (κ3) is 3.14. The highest BCUT2D eigenvalue weighted by atomic mass is 16.5. The first-order chi connectivity index (χ1) is 9.13. The third-order valence-corrected chi connectivity index (χ3v) is 3.67. The lowest BCUT2D eigenvalue weighted by atomic mass is 10.1. The van der Waals surface area contributed by atoms with Crippen LogP contribution in [-0.2, 0) is 9.53 Å². The largest absolute Gasteiger partial charge is 0.369 e. The van der Waals surface area contributed by atoms with Crippen molar-refractivity contribution in [3.8, 4) is 0 Å². The zero-order valence-electron chi connectivity index (χ0n) is 11.9. The summed E-state index contributed by atoms with van der Waals surface area (Å²) < 4.78 is 5.38. The summed E-state index contributed by atoms with van der Waals surface area (Å²) in [6.07, 6.45) is 0.898. The molecule has 0 bridgehead atoms. The van der Waals surface area contributed by atoms with Crippen molar-refractivity contribution in [3.63, 3.8) is 0 Å². The third-order valence-electron chi connectivity index (χ3n) is 3.67. The lowest BCUT2D eigenvalue weighted by Crippen LogP contribution is -2.50. The van der Waals surface area contributed by atoms with Gasteiger partial charge in [-0.2, -0.15) is 0 Å². The van der Waals surface area contributed by atoms with Crippen molar-refractivity contribution in [1.82, 2.24) is 5.32 Å². The Labute approximate surface area is 114 Å². The Hall–Kier alpha value is -1.39. The van der Waals surface area contributed by atoms with E-state index >= 15 is 0 Å². The van der Waals surface area contributed by atoms with Gasteiger partial charge in [-0.1, -0.05) is 6.07 Å². The predicted molar refractivity (Wildman–Crippen MR) is 76.6 cm³/mol. The summed E-state index contributed by atoms with van der Waals surface area (Å²) >= 11 is 0. The Morgan fingerprint density at radius 2 is 2.16 bits per heavy atom. The maximum Gasteiger partial charge on any atom is 0.253 e. The standard InChI is InChI=1S/C15H22N2O2/c1-11-4-5-13(8-12(11)2)17-14(6-7-16-3)9-19-10-15(17)18/h4-5,8,14,16H,6-7,9-10H2,1-3H3. The van der Waals surface area contributed by atoms with Crippen molar-refractivity contribution in [1.29, 1.82) is 0 Å². The quantitative estimate of drug-likeness (QED) is 0.897. The Balaban J connectivity index is 2.25. The van der Waals surface area contributed by atoms with E-state index in [1.54, 1.807) is 0 Å². The fraction of sp³-hybridized carbons (Fsp3) is 0.533. The van der Waals surface area contributed by atoms with Crippen LogP contribution in [0.25, 0.3) is 0 Å². The number of morpholine rings is 1. The van der Waals surface area contributed by atoms with Gasteiger partial charge in [-0.25, -0.2) is 0 Å². The van der Waals surface area contributed by atoms with Crippen LogP contribution in [0.2, 0.25) is 0 Å². The van der Waals surface area contributed by atoms with Crippen molar-refractivity contribution in [2.24, 2.45) is 0 Å². The number of nitrogens with one attached hydrogen (secondary N) is 1. The molecule has 1 N–H and O–H groups in total. The van der Waals surface area contributed by atoms with E-state index < -0.39 is 0 Å². The van der Waals surface area contributed by atoms with Gasteiger partial charge < -0.3 is 15.0 Å². The van der Waals surface area contributed by atoms with Crippen molar-refractivity contribution in [3.05, 3.63) is 29.3 Å². The maximum atomic E-state index is 12.1. The Morgan fingerprint density at radius 1 is 1.37 bits per heavy atom. The number of amides is 1. The van der Waals surface area contributed by atoms with Crippen LogP contribution in [0.4, 0.5) is 5.69 Å². The molecule has 1 aromatic carbocycles. The molecule has 0 spiro atoms. The van der Waals surface area contributed by atoms with Gasteiger partial charge >= 0.3 is 0 Å². The molecule has 0 aromatic heterocycles. The van der Waals surface area contributed by atoms with Crippen LogP contribution in [0.5, 0.6) is 0 Å². The molecule has 4 nitrogen and oxygen atoms in total. The Morgan fingerprint density at radius 3 is 2.84 bits per heavy atom. The van der Waals surface area contributed by atoms with Crippen molar-refractivity contribution < 1.29 is 9.53 Å². The number of aryl methyl sites for hydroxylation is 2. The normalized spacial score (nSPS) is 19.8. The second-order valence-electron chi connectivity index (χ2n) is 5.09. The number of hydrogen-bond acceptors (Lipinski definition) is 3. The van der Waals surface area contributed by atoms with Gasteiger partial charge in [0.25, 0.3) is 5.91 Å². The molecule has 1 saturated heterocycles. The maximum absolute atomic E-state index is 12.1. The number of carbonyl (C=O) groups excluding carboxylic acids is 1. The monoisotopic (exact) mass is 262 g/mol. The van der Waals surface area contributed by atoms with Crippen LogP contribution in [0, 0.1) is 13.8 Å². The minimum absolute atomic E-state index is 0.0515. The summed E-state index contributed by atoms with van der Waals surface area (Å²) in [6, 6.07) is 6.31. The van der Waals surface area contributed by atoms with E-state index in [-0.39, 0.29) is 18.6 Å². The van der Waals surface area contributed by atoms with E-state index in [1.807, 2.05) is 18.0 Å². The van der Waals surface area contributed by atoms with E-state index in [0.29, 0.717) is 6.61 Å². The number of anilines is 1. The van der Waals surface area contributed by atoms with Crippen molar-refractivity contribution in [2.75, 3.05) is 31.7 Å². The predicted octanol–water partition coefficient (Wildman–Crippen LogP) is 1.64. The topological polar surface area (TPSA) is 41.6 Å². The summed E-state index contributed by atoms with van der Waals surface area (Å²) in [5.74, 6) is 0.0515. The lowest BCUT2D eigenvalue weighted by Gasteiger charge is -2.35. The lowest BCUT2D eigenvalue weighted by molar-refractivity contribution is -0.127. The zero-order chi connectivity index (χ0) is 13.8. The molecule has 1 amide bonds. The molecule has 4 heteroatoms. The average molecular weight is 262 g/mol. The first-order valence-electron chi connectivity index (χ1n) is 6.75. The minimum Gasteiger partial charge on any atom is -0.369 e. The highest BCUT2D eigenvalue weighted by molar-refractivity contribution is 5.95. The molecule has 1 aliphatic rings. The fourth-order valence-electron chi connectivity index (χ4n) is 2.38. The summed E-state index contributed by atoms with van der Waals surface area (Å²) in [4.78, 5) is 14.0. The van der Waals surface area contributed by atoms with E-state index in [1.165, 1.54) is 11.1 Å². The van der Waals surface area contributed by atoms with Crippen LogP contribution in [0.1, 0.15) is 17.5 Å². The summed E-state index contributed by atoms with van der Waals surface area (Å²) in [7, 11) is 1.92. The van der Waals surface area contributed by atoms with E-state index in [2.05, 4.69) is 31.3 Å². The van der Waals surface area contributed by atoms with E-state index in [0.717, 1.165) is 18.7 Å². The molecule has 19 heavy (non-hydrogen) atoms. The Bertz CT molecular complexity index is 459. The number of ether oxygens (including phenoxy) is 1. The van der Waals surface area contributed by atoms with Crippen molar-refractivity contribution >= 4 is 11.6 Å². The van der Waals surface area contributed by atoms with Crippen LogP contribution >= 0.6 is 0 Å². The number of nitrogens with zero attached hydrogens (tertiary/aromatic N) is 1. The number of carbonyl (C=O) groups is 1. The zero-order valence-corrected chi connectivity index (χ0v) is 11.9. The first kappa shape index (κ1) is 14.0. The van der Waals surface area contributed by atoms with Crippen LogP contribution in [-0.4, -0.2) is 38.8 Å². The van der Waals surface area contributed by atoms with Gasteiger partial charge in [-0.05, 0) is 57.1 Å². The minimum atomic E-state index is 0.0515. The van der Waals surface area contributed by atoms with Crippen molar-refractivity contribution in [2.45, 2.75) is 26.3 Å². The number of benzene rings is 1. The second kappa shape index (κ2) is 6.17. The number of hydrogen-bond donors (Lipinski definition) is 1. The molecule has 1 atom stereocenters. The van der Waals surface area contributed by atoms with Crippen LogP contribution in [0.3, 0.4) is 0 Å². The van der Waals surface area contributed by atoms with Gasteiger partial charge in [0.15, 0.2) is 0 Å². The highest BCUT2D eigenvalue weighted by Gasteiger charge is 2.29. The smallest absolute Gasteiger partial charge is 0.253 e. The molecule has 1 heterocycles. The van der Waals surface area contributed by atoms with Crippen LogP contribution < -0.4 is 10.2 Å². The average Bonchev–Trinajstić information content (AvgIpc) is 2.40. The van der Waals surface area contributed by atoms with Gasteiger partial charge in [0.05, 0.1) is 12.6 Å². The summed E-state index contributed by atoms with van der Waals surface area (Å²) in [6.45, 7) is 5.83. The molecule has 104 valence electrons. The van der Waals surface area contributed by atoms with E-state index in [9.17, 15) is 4.79 Å². The molecule has 1 aromatic rings. The van der Waals surface area contributed by atoms with E-state index in [4.69, 9.17) is 4.74 Å². The van der Waals surface area contributed by atoms with Gasteiger partial charge in [0, 0.05) is 5.69 Å². The Kier molecular flexibility index (Phi) is 4.56. The molecular weight excluding hydrogens is 240 g/mol. The second-order valence-corrected chi connectivity index (χ2v) is 5.09. The van der Waals surface area contributed by atoms with Gasteiger partial charge in [-0.3, -0.25) is 4.79 Å². The number of rotatable bonds is 4. The molecular formula is C15H22N2O2. The molecule has 1 unspecified atom stereocenters. The molecule has 0 aliphatic carbocycles. The van der Waals surface area contributed by atoms with Crippen LogP contribution in [0.15, 0.2) is 18.2 Å². The fourth-order valence-corrected chi connectivity index (χ4v) is 2.38. The molecule has 1 fully saturated rings. The SMILES string of the molecule is CNCCC1COCC(=O)N1c1ccc(C)c(C)c1. The van der Waals surface area contributed by atoms with Gasteiger partial charge in [-0.15, -0.1) is 0 Å². The molecule has 0 saturated carbocycles. The van der Waals surface area contributed by atoms with Gasteiger partial charge in [0.2, 0.25) is 0 Å². The first-order valence-corrected chi connectivity index (χ1v) is 6.75. The summed E-state index contributed by atoms with van der Waals surface area (Å²) in [5, 5.41) is 3.13. The molecule has 2 rings (SSSR count).